The molecule has 0 aliphatic carbocycles. The predicted octanol–water partition coefficient (Wildman–Crippen LogP) is 4.29. The molecule has 104 valence electrons. The van der Waals surface area contributed by atoms with Gasteiger partial charge in [-0.1, -0.05) is 6.92 Å². The standard InChI is InChI=1S/C16H19N3S/c1-3-13-10-15(19(4-2)18-13)11-17-14-5-6-16-12(9-14)7-8-20-16/h5-10,17H,3-4,11H2,1-2H3. The van der Waals surface area contributed by atoms with Crippen LogP contribution in [-0.2, 0) is 19.5 Å². The molecular formula is C16H19N3S. The molecule has 3 rings (SSSR count). The molecule has 2 heterocycles. The van der Waals surface area contributed by atoms with Crippen molar-refractivity contribution < 1.29 is 0 Å². The summed E-state index contributed by atoms with van der Waals surface area (Å²) in [5.74, 6) is 0. The molecule has 0 fully saturated rings. The smallest absolute Gasteiger partial charge is 0.0625 e. The van der Waals surface area contributed by atoms with Gasteiger partial charge in [0.2, 0.25) is 0 Å². The normalized spacial score (nSPS) is 11.1. The van der Waals surface area contributed by atoms with E-state index in [0.717, 1.165) is 30.9 Å². The lowest BCUT2D eigenvalue weighted by Gasteiger charge is -2.08. The summed E-state index contributed by atoms with van der Waals surface area (Å²) in [5.41, 5.74) is 3.57. The lowest BCUT2D eigenvalue weighted by Crippen LogP contribution is -2.07. The second kappa shape index (κ2) is 5.67. The molecule has 2 aromatic heterocycles. The Morgan fingerprint density at radius 3 is 2.90 bits per heavy atom. The van der Waals surface area contributed by atoms with E-state index < -0.39 is 0 Å². The summed E-state index contributed by atoms with van der Waals surface area (Å²) in [6.07, 6.45) is 0.987. The van der Waals surface area contributed by atoms with E-state index in [1.165, 1.54) is 15.8 Å². The van der Waals surface area contributed by atoms with Crippen LogP contribution in [0.5, 0.6) is 0 Å². The zero-order valence-electron chi connectivity index (χ0n) is 11.9. The highest BCUT2D eigenvalue weighted by atomic mass is 32.1. The molecule has 0 aliphatic heterocycles. The molecule has 0 amide bonds. The maximum Gasteiger partial charge on any atom is 0.0625 e. The van der Waals surface area contributed by atoms with Gasteiger partial charge in [0, 0.05) is 16.9 Å². The number of nitrogens with one attached hydrogen (secondary N) is 1. The summed E-state index contributed by atoms with van der Waals surface area (Å²) in [6, 6.07) is 10.9. The molecule has 0 unspecified atom stereocenters. The van der Waals surface area contributed by atoms with Crippen molar-refractivity contribution in [3.63, 3.8) is 0 Å². The van der Waals surface area contributed by atoms with Crippen LogP contribution in [0.4, 0.5) is 5.69 Å². The van der Waals surface area contributed by atoms with Crippen molar-refractivity contribution in [2.24, 2.45) is 0 Å². The molecule has 3 aromatic rings. The number of rotatable bonds is 5. The van der Waals surface area contributed by atoms with Gasteiger partial charge in [0.1, 0.15) is 0 Å². The molecule has 1 N–H and O–H groups in total. The first-order valence-electron chi connectivity index (χ1n) is 7.07. The van der Waals surface area contributed by atoms with Gasteiger partial charge in [0.05, 0.1) is 17.9 Å². The molecule has 0 saturated carbocycles. The third-order valence-electron chi connectivity index (χ3n) is 3.50. The van der Waals surface area contributed by atoms with Crippen molar-refractivity contribution in [3.05, 3.63) is 47.1 Å². The number of nitrogens with zero attached hydrogens (tertiary/aromatic N) is 2. The van der Waals surface area contributed by atoms with Gasteiger partial charge >= 0.3 is 0 Å². The van der Waals surface area contributed by atoms with Crippen LogP contribution in [0, 0.1) is 0 Å². The zero-order chi connectivity index (χ0) is 13.9. The molecule has 0 spiro atoms. The van der Waals surface area contributed by atoms with Crippen molar-refractivity contribution in [1.82, 2.24) is 9.78 Å². The highest BCUT2D eigenvalue weighted by molar-refractivity contribution is 7.17. The van der Waals surface area contributed by atoms with Crippen molar-refractivity contribution in [2.45, 2.75) is 33.4 Å². The third-order valence-corrected chi connectivity index (χ3v) is 4.40. The first-order valence-corrected chi connectivity index (χ1v) is 7.95. The molecule has 0 radical (unpaired) electrons. The summed E-state index contributed by atoms with van der Waals surface area (Å²) >= 11 is 1.78. The molecule has 0 atom stereocenters. The predicted molar refractivity (Wildman–Crippen MR) is 86.4 cm³/mol. The summed E-state index contributed by atoms with van der Waals surface area (Å²) in [4.78, 5) is 0. The summed E-state index contributed by atoms with van der Waals surface area (Å²) in [6.45, 7) is 6.01. The maximum atomic E-state index is 4.58. The third kappa shape index (κ3) is 2.56. The van der Waals surface area contributed by atoms with Gasteiger partial charge in [-0.25, -0.2) is 0 Å². The summed E-state index contributed by atoms with van der Waals surface area (Å²) in [7, 11) is 0. The Kier molecular flexibility index (Phi) is 3.74. The first-order chi connectivity index (χ1) is 9.80. The highest BCUT2D eigenvalue weighted by Crippen LogP contribution is 2.24. The molecule has 3 nitrogen and oxygen atoms in total. The van der Waals surface area contributed by atoms with Gasteiger partial charge in [0.15, 0.2) is 0 Å². The van der Waals surface area contributed by atoms with Gasteiger partial charge in [-0.3, -0.25) is 4.68 Å². The Labute approximate surface area is 123 Å². The second-order valence-electron chi connectivity index (χ2n) is 4.82. The number of hydrogen-bond acceptors (Lipinski definition) is 3. The largest absolute Gasteiger partial charge is 0.379 e. The Hall–Kier alpha value is -1.81. The lowest BCUT2D eigenvalue weighted by molar-refractivity contribution is 0.619. The monoisotopic (exact) mass is 285 g/mol. The number of thiophene rings is 1. The highest BCUT2D eigenvalue weighted by Gasteiger charge is 2.05. The lowest BCUT2D eigenvalue weighted by atomic mass is 10.2. The second-order valence-corrected chi connectivity index (χ2v) is 5.77. The van der Waals surface area contributed by atoms with Crippen molar-refractivity contribution in [1.29, 1.82) is 0 Å². The minimum Gasteiger partial charge on any atom is -0.379 e. The van der Waals surface area contributed by atoms with E-state index in [9.17, 15) is 0 Å². The Morgan fingerprint density at radius 2 is 2.10 bits per heavy atom. The minimum absolute atomic E-state index is 0.816. The van der Waals surface area contributed by atoms with E-state index in [1.807, 2.05) is 0 Å². The number of aromatic nitrogens is 2. The number of anilines is 1. The van der Waals surface area contributed by atoms with Crippen molar-refractivity contribution in [3.8, 4) is 0 Å². The van der Waals surface area contributed by atoms with Gasteiger partial charge in [-0.15, -0.1) is 11.3 Å². The van der Waals surface area contributed by atoms with E-state index in [1.54, 1.807) is 11.3 Å². The van der Waals surface area contributed by atoms with Gasteiger partial charge in [-0.2, -0.15) is 5.10 Å². The number of fused-ring (bicyclic) bond motifs is 1. The van der Waals surface area contributed by atoms with Crippen LogP contribution < -0.4 is 5.32 Å². The van der Waals surface area contributed by atoms with Crippen LogP contribution in [0.25, 0.3) is 10.1 Å². The van der Waals surface area contributed by atoms with Crippen LogP contribution in [0.15, 0.2) is 35.7 Å². The molecule has 4 heteroatoms. The van der Waals surface area contributed by atoms with Gasteiger partial charge < -0.3 is 5.32 Å². The fourth-order valence-corrected chi connectivity index (χ4v) is 3.14. The fraction of sp³-hybridized carbons (Fsp3) is 0.312. The first kappa shape index (κ1) is 13.2. The molecule has 0 bridgehead atoms. The summed E-state index contributed by atoms with van der Waals surface area (Å²) in [5, 5.41) is 11.5. The number of benzene rings is 1. The van der Waals surface area contributed by atoms with E-state index in [0.29, 0.717) is 0 Å². The Morgan fingerprint density at radius 1 is 1.20 bits per heavy atom. The van der Waals surface area contributed by atoms with E-state index in [2.05, 4.69) is 64.7 Å². The molecule has 20 heavy (non-hydrogen) atoms. The van der Waals surface area contributed by atoms with Crippen LogP contribution in [0.1, 0.15) is 25.2 Å². The SMILES string of the molecule is CCc1cc(CNc2ccc3sccc3c2)n(CC)n1. The maximum absolute atomic E-state index is 4.58. The topological polar surface area (TPSA) is 29.9 Å². The Bertz CT molecular complexity index is 711. The summed E-state index contributed by atoms with van der Waals surface area (Å²) < 4.78 is 3.41. The number of hydrogen-bond donors (Lipinski definition) is 1. The number of aryl methyl sites for hydroxylation is 2. The van der Waals surface area contributed by atoms with E-state index in [-0.39, 0.29) is 0 Å². The Balaban J connectivity index is 1.76. The van der Waals surface area contributed by atoms with E-state index in [4.69, 9.17) is 0 Å². The van der Waals surface area contributed by atoms with Crippen LogP contribution in [0.2, 0.25) is 0 Å². The van der Waals surface area contributed by atoms with Crippen LogP contribution >= 0.6 is 11.3 Å². The average molecular weight is 285 g/mol. The van der Waals surface area contributed by atoms with Crippen LogP contribution in [-0.4, -0.2) is 9.78 Å². The quantitative estimate of drug-likeness (QED) is 0.757. The van der Waals surface area contributed by atoms with Crippen molar-refractivity contribution >= 4 is 27.1 Å². The van der Waals surface area contributed by atoms with E-state index >= 15 is 0 Å². The molecule has 0 saturated heterocycles. The average Bonchev–Trinajstić information content (AvgIpc) is 3.10. The van der Waals surface area contributed by atoms with Gasteiger partial charge in [-0.05, 0) is 54.4 Å². The fourth-order valence-electron chi connectivity index (χ4n) is 2.37. The van der Waals surface area contributed by atoms with Crippen molar-refractivity contribution in [2.75, 3.05) is 5.32 Å². The molecular weight excluding hydrogens is 266 g/mol. The molecule has 1 aromatic carbocycles. The van der Waals surface area contributed by atoms with Crippen LogP contribution in [0.3, 0.4) is 0 Å². The zero-order valence-corrected chi connectivity index (χ0v) is 12.7. The van der Waals surface area contributed by atoms with Gasteiger partial charge in [0.25, 0.3) is 0 Å². The minimum atomic E-state index is 0.816. The molecule has 0 aliphatic rings.